The van der Waals surface area contributed by atoms with E-state index < -0.39 is 5.38 Å². The molecule has 12 heavy (non-hydrogen) atoms. The zero-order chi connectivity index (χ0) is 9.40. The molecular weight excluding hydrogens is 210 g/mol. The Balaban J connectivity index is 3.14. The van der Waals surface area contributed by atoms with Gasteiger partial charge in [0, 0.05) is 6.54 Å². The molecule has 1 atom stereocenters. The van der Waals surface area contributed by atoms with Crippen molar-refractivity contribution in [3.8, 4) is 0 Å². The standard InChI is InChI=1S/C6H16ClNO2Si2/c1-5(7)6(9)8-3-2-4-12-10-11/h5H,2-4,12H2,1,11H3,(H,8,9). The van der Waals surface area contributed by atoms with Crippen molar-refractivity contribution in [2.75, 3.05) is 6.54 Å². The Labute approximate surface area is 83.7 Å². The third-order valence-electron chi connectivity index (χ3n) is 1.44. The molecule has 6 heteroatoms. The minimum Gasteiger partial charge on any atom is -0.468 e. The summed E-state index contributed by atoms with van der Waals surface area (Å²) in [7, 11) is 0.589. The van der Waals surface area contributed by atoms with E-state index >= 15 is 0 Å². The van der Waals surface area contributed by atoms with Gasteiger partial charge in [0.15, 0.2) is 0 Å². The van der Waals surface area contributed by atoms with Gasteiger partial charge in [-0.3, -0.25) is 4.79 Å². The number of rotatable bonds is 6. The van der Waals surface area contributed by atoms with Gasteiger partial charge in [-0.25, -0.2) is 0 Å². The molecule has 1 N–H and O–H groups in total. The number of carbonyl (C=O) groups excluding carboxylic acids is 1. The zero-order valence-electron chi connectivity index (χ0n) is 7.60. The second-order valence-corrected chi connectivity index (χ2v) is 6.69. The van der Waals surface area contributed by atoms with Crippen LogP contribution in [0.4, 0.5) is 0 Å². The third-order valence-corrected chi connectivity index (χ3v) is 4.06. The molecule has 0 saturated heterocycles. The van der Waals surface area contributed by atoms with Crippen molar-refractivity contribution >= 4 is 37.8 Å². The smallest absolute Gasteiger partial charge is 0.237 e. The SMILES string of the molecule is CC(Cl)C(=O)NCCC[SiH2]O[SiH3]. The van der Waals surface area contributed by atoms with Crippen molar-refractivity contribution in [1.82, 2.24) is 5.32 Å². The van der Waals surface area contributed by atoms with Gasteiger partial charge in [-0.2, -0.15) is 0 Å². The Morgan fingerprint density at radius 3 is 3.00 bits per heavy atom. The van der Waals surface area contributed by atoms with E-state index in [0.29, 0.717) is 0 Å². The maximum Gasteiger partial charge on any atom is 0.237 e. The van der Waals surface area contributed by atoms with E-state index in [1.54, 1.807) is 6.92 Å². The maximum absolute atomic E-state index is 10.9. The Bertz CT molecular complexity index is 135. The van der Waals surface area contributed by atoms with Gasteiger partial charge in [0.2, 0.25) is 5.91 Å². The van der Waals surface area contributed by atoms with Crippen molar-refractivity contribution in [1.29, 1.82) is 0 Å². The van der Waals surface area contributed by atoms with Crippen LogP contribution >= 0.6 is 11.6 Å². The van der Waals surface area contributed by atoms with Crippen molar-refractivity contribution in [2.24, 2.45) is 0 Å². The summed E-state index contributed by atoms with van der Waals surface area (Å²) in [5.74, 6) is -0.0786. The monoisotopic (exact) mass is 225 g/mol. The third kappa shape index (κ3) is 6.84. The molecule has 0 saturated carbocycles. The van der Waals surface area contributed by atoms with Gasteiger partial charge in [0.05, 0.1) is 0 Å². The quantitative estimate of drug-likeness (QED) is 0.355. The summed E-state index contributed by atoms with van der Waals surface area (Å²) < 4.78 is 5.14. The number of carbonyl (C=O) groups is 1. The number of hydrogen-bond donors (Lipinski definition) is 1. The van der Waals surface area contributed by atoms with Gasteiger partial charge < -0.3 is 9.43 Å². The van der Waals surface area contributed by atoms with Crippen molar-refractivity contribution < 1.29 is 8.91 Å². The molecule has 0 aliphatic carbocycles. The first kappa shape index (κ1) is 12.2. The minimum atomic E-state index is -0.419. The van der Waals surface area contributed by atoms with E-state index in [4.69, 9.17) is 15.7 Å². The van der Waals surface area contributed by atoms with Gasteiger partial charge in [0.25, 0.3) is 0 Å². The van der Waals surface area contributed by atoms with Crippen molar-refractivity contribution in [2.45, 2.75) is 24.8 Å². The molecule has 1 unspecified atom stereocenters. The summed E-state index contributed by atoms with van der Waals surface area (Å²) in [6.45, 7) is 2.40. The normalized spacial score (nSPS) is 13.8. The molecule has 0 rings (SSSR count). The van der Waals surface area contributed by atoms with Crippen LogP contribution in [0.5, 0.6) is 0 Å². The molecule has 0 aromatic rings. The van der Waals surface area contributed by atoms with E-state index in [1.807, 2.05) is 0 Å². The van der Waals surface area contributed by atoms with Gasteiger partial charge in [-0.1, -0.05) is 0 Å². The van der Waals surface area contributed by atoms with E-state index in [2.05, 4.69) is 5.32 Å². The minimum absolute atomic E-state index is 0.0786. The van der Waals surface area contributed by atoms with Crippen LogP contribution in [-0.2, 0) is 8.91 Å². The summed E-state index contributed by atoms with van der Waals surface area (Å²) in [5, 5.41) is 2.33. The Morgan fingerprint density at radius 1 is 1.83 bits per heavy atom. The first-order valence-electron chi connectivity index (χ1n) is 4.09. The molecule has 0 aromatic carbocycles. The molecule has 0 aliphatic heterocycles. The Morgan fingerprint density at radius 2 is 2.50 bits per heavy atom. The van der Waals surface area contributed by atoms with E-state index in [0.717, 1.165) is 29.5 Å². The number of amides is 1. The lowest BCUT2D eigenvalue weighted by Gasteiger charge is -2.05. The number of hydrogen-bond acceptors (Lipinski definition) is 2. The van der Waals surface area contributed by atoms with Crippen LogP contribution in [0.25, 0.3) is 0 Å². The van der Waals surface area contributed by atoms with Crippen LogP contribution in [-0.4, -0.2) is 38.1 Å². The van der Waals surface area contributed by atoms with E-state index in [-0.39, 0.29) is 15.7 Å². The molecular formula is C6H16ClNO2Si2. The topological polar surface area (TPSA) is 38.3 Å². The number of alkyl halides is 1. The predicted molar refractivity (Wildman–Crippen MR) is 57.3 cm³/mol. The van der Waals surface area contributed by atoms with Gasteiger partial charge >= 0.3 is 0 Å². The summed E-state index contributed by atoms with van der Waals surface area (Å²) in [5.41, 5.74) is 0. The average molecular weight is 226 g/mol. The fourth-order valence-corrected chi connectivity index (χ4v) is 2.41. The Hall–Kier alpha value is 0.154. The largest absolute Gasteiger partial charge is 0.468 e. The van der Waals surface area contributed by atoms with Gasteiger partial charge in [-0.15, -0.1) is 11.6 Å². The van der Waals surface area contributed by atoms with Gasteiger partial charge in [0.1, 0.15) is 25.6 Å². The second-order valence-electron chi connectivity index (χ2n) is 2.61. The van der Waals surface area contributed by atoms with E-state index in [1.165, 1.54) is 0 Å². The average Bonchev–Trinajstić information content (AvgIpc) is 2.03. The molecule has 72 valence electrons. The van der Waals surface area contributed by atoms with Crippen LogP contribution in [0, 0.1) is 0 Å². The number of nitrogens with one attached hydrogen (secondary N) is 1. The van der Waals surface area contributed by atoms with Gasteiger partial charge in [-0.05, 0) is 19.4 Å². The van der Waals surface area contributed by atoms with Crippen LogP contribution in [0.1, 0.15) is 13.3 Å². The van der Waals surface area contributed by atoms with Crippen LogP contribution in [0.15, 0.2) is 0 Å². The highest BCUT2D eigenvalue weighted by Gasteiger charge is 2.06. The first-order valence-corrected chi connectivity index (χ1v) is 6.92. The fraction of sp³-hybridized carbons (Fsp3) is 0.833. The van der Waals surface area contributed by atoms with E-state index in [9.17, 15) is 4.79 Å². The molecule has 0 spiro atoms. The Kier molecular flexibility index (Phi) is 7.88. The molecule has 1 amide bonds. The molecule has 0 aliphatic rings. The highest BCUT2D eigenvalue weighted by atomic mass is 35.5. The summed E-state index contributed by atoms with van der Waals surface area (Å²) in [4.78, 5) is 10.9. The predicted octanol–water partition coefficient (Wildman–Crippen LogP) is -1.08. The highest BCUT2D eigenvalue weighted by molar-refractivity contribution is 6.34. The molecule has 0 radical (unpaired) electrons. The molecule has 0 fully saturated rings. The van der Waals surface area contributed by atoms with Crippen LogP contribution in [0.3, 0.4) is 0 Å². The van der Waals surface area contributed by atoms with Crippen LogP contribution in [0.2, 0.25) is 6.04 Å². The molecule has 0 aromatic heterocycles. The molecule has 3 nitrogen and oxygen atoms in total. The lowest BCUT2D eigenvalue weighted by molar-refractivity contribution is -0.120. The first-order chi connectivity index (χ1) is 5.68. The molecule has 0 bridgehead atoms. The number of halogens is 1. The summed E-state index contributed by atoms with van der Waals surface area (Å²) in [6.07, 6.45) is 1.02. The highest BCUT2D eigenvalue weighted by Crippen LogP contribution is 1.93. The summed E-state index contributed by atoms with van der Waals surface area (Å²) in [6, 6.07) is 1.14. The second kappa shape index (κ2) is 7.78. The van der Waals surface area contributed by atoms with Crippen molar-refractivity contribution in [3.63, 3.8) is 0 Å². The lowest BCUT2D eigenvalue weighted by Crippen LogP contribution is -2.30. The maximum atomic E-state index is 10.9. The lowest BCUT2D eigenvalue weighted by atomic mass is 10.4. The summed E-state index contributed by atoms with van der Waals surface area (Å²) >= 11 is 5.55. The van der Waals surface area contributed by atoms with Crippen LogP contribution < -0.4 is 5.32 Å². The van der Waals surface area contributed by atoms with Crippen molar-refractivity contribution in [3.05, 3.63) is 0 Å². The molecule has 0 heterocycles. The fourth-order valence-electron chi connectivity index (χ4n) is 0.724. The zero-order valence-corrected chi connectivity index (χ0v) is 11.8.